The molecule has 0 fully saturated rings. The van der Waals surface area contributed by atoms with Crippen molar-refractivity contribution in [3.8, 4) is 0 Å². The number of hydrogen-bond acceptors (Lipinski definition) is 5. The van der Waals surface area contributed by atoms with Gasteiger partial charge in [0.15, 0.2) is 0 Å². The topological polar surface area (TPSA) is 139 Å². The van der Waals surface area contributed by atoms with Crippen molar-refractivity contribution in [3.63, 3.8) is 0 Å². The summed E-state index contributed by atoms with van der Waals surface area (Å²) in [4.78, 5) is 20.2. The van der Waals surface area contributed by atoms with Gasteiger partial charge in [-0.1, -0.05) is 19.3 Å². The summed E-state index contributed by atoms with van der Waals surface area (Å²) in [5.74, 6) is -1.52. The van der Waals surface area contributed by atoms with Crippen LogP contribution in [0.15, 0.2) is 0 Å². The SMILES string of the molecule is NCCNCCN.O=C(O)CCCCCCCC(=O)O. The van der Waals surface area contributed by atoms with Gasteiger partial charge in [0.2, 0.25) is 0 Å². The number of nitrogens with one attached hydrogen (secondary N) is 1. The molecule has 0 aromatic carbocycles. The van der Waals surface area contributed by atoms with Gasteiger partial charge >= 0.3 is 11.9 Å². The zero-order valence-corrected chi connectivity index (χ0v) is 12.1. The van der Waals surface area contributed by atoms with Crippen molar-refractivity contribution >= 4 is 11.9 Å². The molecule has 0 spiro atoms. The first-order valence-electron chi connectivity index (χ1n) is 7.09. The van der Waals surface area contributed by atoms with Gasteiger partial charge in [-0.2, -0.15) is 0 Å². The molecule has 7 heteroatoms. The van der Waals surface area contributed by atoms with Crippen LogP contribution in [0.1, 0.15) is 44.9 Å². The van der Waals surface area contributed by atoms with E-state index in [0.29, 0.717) is 25.9 Å². The fourth-order valence-corrected chi connectivity index (χ4v) is 1.41. The third-order valence-electron chi connectivity index (χ3n) is 2.42. The molecular weight excluding hydrogens is 262 g/mol. The summed E-state index contributed by atoms with van der Waals surface area (Å²) in [6.07, 6.45) is 4.53. The van der Waals surface area contributed by atoms with E-state index in [-0.39, 0.29) is 12.8 Å². The molecule has 20 heavy (non-hydrogen) atoms. The molecule has 0 rings (SSSR count). The Morgan fingerprint density at radius 2 is 1.10 bits per heavy atom. The smallest absolute Gasteiger partial charge is 0.303 e. The lowest BCUT2D eigenvalue weighted by atomic mass is 10.1. The highest BCUT2D eigenvalue weighted by atomic mass is 16.4. The zero-order chi connectivity index (χ0) is 15.6. The van der Waals surface area contributed by atoms with Gasteiger partial charge in [0, 0.05) is 39.0 Å². The van der Waals surface area contributed by atoms with E-state index in [4.69, 9.17) is 21.7 Å². The Morgan fingerprint density at radius 3 is 1.40 bits per heavy atom. The molecule has 0 aliphatic rings. The fraction of sp³-hybridized carbons (Fsp3) is 0.846. The number of hydrogen-bond donors (Lipinski definition) is 5. The van der Waals surface area contributed by atoms with Crippen LogP contribution >= 0.6 is 0 Å². The Hall–Kier alpha value is -1.18. The number of carboxylic acid groups (broad SMARTS) is 2. The van der Waals surface area contributed by atoms with Gasteiger partial charge < -0.3 is 27.0 Å². The summed E-state index contributed by atoms with van der Waals surface area (Å²) in [5.41, 5.74) is 10.3. The minimum absolute atomic E-state index is 0.221. The van der Waals surface area contributed by atoms with E-state index in [2.05, 4.69) is 5.32 Å². The van der Waals surface area contributed by atoms with Crippen molar-refractivity contribution in [2.24, 2.45) is 11.5 Å². The molecule has 7 N–H and O–H groups in total. The molecule has 0 heterocycles. The van der Waals surface area contributed by atoms with Gasteiger partial charge in [0.1, 0.15) is 0 Å². The Morgan fingerprint density at radius 1 is 0.750 bits per heavy atom. The third kappa shape index (κ3) is 25.6. The van der Waals surface area contributed by atoms with Gasteiger partial charge in [-0.05, 0) is 12.8 Å². The normalized spacial score (nSPS) is 9.70. The predicted octanol–water partition coefficient (Wildman–Crippen LogP) is 0.380. The molecule has 0 saturated heterocycles. The van der Waals surface area contributed by atoms with Gasteiger partial charge in [-0.25, -0.2) is 0 Å². The van der Waals surface area contributed by atoms with Crippen LogP contribution < -0.4 is 16.8 Å². The number of rotatable bonds is 12. The summed E-state index contributed by atoms with van der Waals surface area (Å²) in [6, 6.07) is 0. The van der Waals surface area contributed by atoms with Crippen LogP contribution in [0.25, 0.3) is 0 Å². The van der Waals surface area contributed by atoms with Crippen molar-refractivity contribution in [3.05, 3.63) is 0 Å². The molecule has 0 aliphatic carbocycles. The van der Waals surface area contributed by atoms with E-state index in [1.54, 1.807) is 0 Å². The maximum atomic E-state index is 10.1. The molecular formula is C13H29N3O4. The Kier molecular flexibility index (Phi) is 18.8. The summed E-state index contributed by atoms with van der Waals surface area (Å²) < 4.78 is 0. The highest BCUT2D eigenvalue weighted by Crippen LogP contribution is 2.06. The monoisotopic (exact) mass is 291 g/mol. The number of carboxylic acids is 2. The summed E-state index contributed by atoms with van der Waals surface area (Å²) >= 11 is 0. The molecule has 0 radical (unpaired) electrons. The summed E-state index contributed by atoms with van der Waals surface area (Å²) in [7, 11) is 0. The average Bonchev–Trinajstić information content (AvgIpc) is 2.38. The van der Waals surface area contributed by atoms with E-state index in [1.807, 2.05) is 0 Å². The van der Waals surface area contributed by atoms with Crippen molar-refractivity contribution in [1.29, 1.82) is 0 Å². The number of carbonyl (C=O) groups is 2. The van der Waals surface area contributed by atoms with Gasteiger partial charge in [0.05, 0.1) is 0 Å². The van der Waals surface area contributed by atoms with Crippen LogP contribution in [0.2, 0.25) is 0 Å². The summed E-state index contributed by atoms with van der Waals surface area (Å²) in [6.45, 7) is 3.13. The Labute approximate surface area is 120 Å². The zero-order valence-electron chi connectivity index (χ0n) is 12.1. The molecule has 120 valence electrons. The van der Waals surface area contributed by atoms with Crippen molar-refractivity contribution < 1.29 is 19.8 Å². The number of unbranched alkanes of at least 4 members (excludes halogenated alkanes) is 4. The lowest BCUT2D eigenvalue weighted by molar-refractivity contribution is -0.138. The maximum absolute atomic E-state index is 10.1. The molecule has 0 atom stereocenters. The maximum Gasteiger partial charge on any atom is 0.303 e. The Bertz CT molecular complexity index is 216. The highest BCUT2D eigenvalue weighted by molar-refractivity contribution is 5.66. The van der Waals surface area contributed by atoms with E-state index < -0.39 is 11.9 Å². The molecule has 0 aromatic rings. The summed E-state index contributed by atoms with van der Waals surface area (Å²) in [5, 5.41) is 19.7. The first kappa shape index (κ1) is 21.1. The molecule has 0 aliphatic heterocycles. The highest BCUT2D eigenvalue weighted by Gasteiger charge is 1.98. The minimum atomic E-state index is -0.759. The standard InChI is InChI=1S/C9H16O4.C4H13N3/c10-8(11)6-4-2-1-3-5-7-9(12)13;5-1-3-7-4-2-6/h1-7H2,(H,10,11)(H,12,13);7H,1-6H2. The molecule has 0 aromatic heterocycles. The molecule has 0 saturated carbocycles. The fourth-order valence-electron chi connectivity index (χ4n) is 1.41. The van der Waals surface area contributed by atoms with Crippen molar-refractivity contribution in [2.45, 2.75) is 44.9 Å². The minimum Gasteiger partial charge on any atom is -0.481 e. The van der Waals surface area contributed by atoms with E-state index >= 15 is 0 Å². The first-order chi connectivity index (χ1) is 9.54. The Balaban J connectivity index is 0. The number of nitrogens with two attached hydrogens (primary N) is 2. The molecule has 0 bridgehead atoms. The van der Waals surface area contributed by atoms with E-state index in [1.165, 1.54) is 0 Å². The van der Waals surface area contributed by atoms with E-state index in [9.17, 15) is 9.59 Å². The van der Waals surface area contributed by atoms with Crippen LogP contribution in [0.4, 0.5) is 0 Å². The largest absolute Gasteiger partial charge is 0.481 e. The van der Waals surface area contributed by atoms with Crippen LogP contribution in [0.5, 0.6) is 0 Å². The van der Waals surface area contributed by atoms with Crippen molar-refractivity contribution in [1.82, 2.24) is 5.32 Å². The van der Waals surface area contributed by atoms with Crippen LogP contribution in [0, 0.1) is 0 Å². The predicted molar refractivity (Wildman–Crippen MR) is 78.6 cm³/mol. The molecule has 0 unspecified atom stereocenters. The van der Waals surface area contributed by atoms with E-state index in [0.717, 1.165) is 32.4 Å². The van der Waals surface area contributed by atoms with Gasteiger partial charge in [-0.3, -0.25) is 9.59 Å². The molecule has 7 nitrogen and oxygen atoms in total. The van der Waals surface area contributed by atoms with Crippen molar-refractivity contribution in [2.75, 3.05) is 26.2 Å². The first-order valence-corrected chi connectivity index (χ1v) is 7.09. The second-order valence-electron chi connectivity index (χ2n) is 4.38. The molecule has 0 amide bonds. The van der Waals surface area contributed by atoms with Gasteiger partial charge in [0.25, 0.3) is 0 Å². The third-order valence-corrected chi connectivity index (χ3v) is 2.42. The van der Waals surface area contributed by atoms with Crippen LogP contribution in [0.3, 0.4) is 0 Å². The van der Waals surface area contributed by atoms with Crippen LogP contribution in [-0.4, -0.2) is 48.3 Å². The average molecular weight is 291 g/mol. The van der Waals surface area contributed by atoms with Crippen LogP contribution in [-0.2, 0) is 9.59 Å². The number of aliphatic carboxylic acids is 2. The second kappa shape index (κ2) is 17.8. The lowest BCUT2D eigenvalue weighted by Gasteiger charge is -1.97. The quantitative estimate of drug-likeness (QED) is 0.327. The lowest BCUT2D eigenvalue weighted by Crippen LogP contribution is -2.27. The second-order valence-corrected chi connectivity index (χ2v) is 4.38. The van der Waals surface area contributed by atoms with Gasteiger partial charge in [-0.15, -0.1) is 0 Å².